The first kappa shape index (κ1) is 20.5. The van der Waals surface area contributed by atoms with Crippen LogP contribution in [0, 0.1) is 5.92 Å². The van der Waals surface area contributed by atoms with Crippen molar-refractivity contribution in [2.45, 2.75) is 51.4 Å². The fourth-order valence-corrected chi connectivity index (χ4v) is 4.41. The maximum Gasteiger partial charge on any atom is 0.222 e. The van der Waals surface area contributed by atoms with Gasteiger partial charge in [0.25, 0.3) is 0 Å². The Labute approximate surface area is 171 Å². The van der Waals surface area contributed by atoms with E-state index in [0.717, 1.165) is 18.4 Å². The van der Waals surface area contributed by atoms with E-state index >= 15 is 0 Å². The molecule has 3 rings (SSSR count). The molecule has 1 aliphatic heterocycles. The van der Waals surface area contributed by atoms with Crippen LogP contribution in [0.2, 0.25) is 10.0 Å². The van der Waals surface area contributed by atoms with Gasteiger partial charge in [0.15, 0.2) is 0 Å². The van der Waals surface area contributed by atoms with Gasteiger partial charge in [-0.2, -0.15) is 0 Å². The van der Waals surface area contributed by atoms with Gasteiger partial charge >= 0.3 is 0 Å². The van der Waals surface area contributed by atoms with Crippen LogP contribution >= 0.6 is 23.2 Å². The van der Waals surface area contributed by atoms with Gasteiger partial charge in [0.1, 0.15) is 0 Å². The van der Waals surface area contributed by atoms with Gasteiger partial charge in [0.05, 0.1) is 10.0 Å². The summed E-state index contributed by atoms with van der Waals surface area (Å²) in [6.07, 6.45) is 7.74. The highest BCUT2D eigenvalue weighted by Gasteiger charge is 2.26. The summed E-state index contributed by atoms with van der Waals surface area (Å²) in [5.74, 6) is 1.03. The maximum absolute atomic E-state index is 12.4. The van der Waals surface area contributed by atoms with Crippen molar-refractivity contribution in [3.8, 4) is 0 Å². The third-order valence-electron chi connectivity index (χ3n) is 5.76. The molecule has 0 spiro atoms. The predicted molar refractivity (Wildman–Crippen MR) is 109 cm³/mol. The van der Waals surface area contributed by atoms with Crippen LogP contribution in [0.15, 0.2) is 18.2 Å². The Morgan fingerprint density at radius 2 is 1.56 bits per heavy atom. The lowest BCUT2D eigenvalue weighted by atomic mass is 10.0. The number of amides is 2. The molecular weight excluding hydrogens is 383 g/mol. The second-order valence-corrected chi connectivity index (χ2v) is 8.53. The van der Waals surface area contributed by atoms with E-state index in [1.54, 1.807) is 6.07 Å². The molecule has 27 heavy (non-hydrogen) atoms. The van der Waals surface area contributed by atoms with Gasteiger partial charge < -0.3 is 9.80 Å². The zero-order chi connectivity index (χ0) is 19.2. The average molecular weight is 411 g/mol. The highest BCUT2D eigenvalue weighted by Crippen LogP contribution is 2.28. The molecular formula is C21H28Cl2N2O2. The number of benzene rings is 1. The van der Waals surface area contributed by atoms with Crippen LogP contribution in [0.3, 0.4) is 0 Å². The standard InChI is InChI=1S/C21H28Cl2N2O2/c22-18-9-8-17(14-19(18)23)6-3-7-20(26)24-10-12-25(13-11-24)21(27)15-16-4-1-2-5-16/h8-9,14,16H,1-7,10-13,15H2. The Bertz CT molecular complexity index is 666. The second-order valence-electron chi connectivity index (χ2n) is 7.72. The van der Waals surface area contributed by atoms with E-state index in [2.05, 4.69) is 0 Å². The molecule has 1 aliphatic carbocycles. The number of nitrogens with zero attached hydrogens (tertiary/aromatic N) is 2. The lowest BCUT2D eigenvalue weighted by Gasteiger charge is -2.35. The molecule has 1 saturated carbocycles. The summed E-state index contributed by atoms with van der Waals surface area (Å²) in [7, 11) is 0. The summed E-state index contributed by atoms with van der Waals surface area (Å²) in [4.78, 5) is 28.7. The molecule has 0 atom stereocenters. The van der Waals surface area contributed by atoms with Crippen LogP contribution in [0.4, 0.5) is 0 Å². The number of halogens is 2. The van der Waals surface area contributed by atoms with Crippen LogP contribution in [-0.4, -0.2) is 47.8 Å². The van der Waals surface area contributed by atoms with Gasteiger partial charge in [-0.15, -0.1) is 0 Å². The summed E-state index contributed by atoms with van der Waals surface area (Å²) in [5.41, 5.74) is 1.10. The molecule has 148 valence electrons. The molecule has 0 aromatic heterocycles. The Kier molecular flexibility index (Phi) is 7.42. The fourth-order valence-electron chi connectivity index (χ4n) is 4.09. The van der Waals surface area contributed by atoms with Crippen LogP contribution < -0.4 is 0 Å². The zero-order valence-electron chi connectivity index (χ0n) is 15.8. The van der Waals surface area contributed by atoms with E-state index in [1.807, 2.05) is 21.9 Å². The van der Waals surface area contributed by atoms with Crippen LogP contribution in [0.25, 0.3) is 0 Å². The van der Waals surface area contributed by atoms with Crippen molar-refractivity contribution in [2.24, 2.45) is 5.92 Å². The van der Waals surface area contributed by atoms with Gasteiger partial charge in [0, 0.05) is 39.0 Å². The normalized spacial score (nSPS) is 18.1. The largest absolute Gasteiger partial charge is 0.339 e. The quantitative estimate of drug-likeness (QED) is 0.688. The topological polar surface area (TPSA) is 40.6 Å². The first-order valence-electron chi connectivity index (χ1n) is 10.0. The summed E-state index contributed by atoms with van der Waals surface area (Å²) in [6.45, 7) is 2.65. The number of aryl methyl sites for hydroxylation is 1. The molecule has 4 nitrogen and oxygen atoms in total. The van der Waals surface area contributed by atoms with Crippen molar-refractivity contribution in [2.75, 3.05) is 26.2 Å². The lowest BCUT2D eigenvalue weighted by molar-refractivity contribution is -0.140. The van der Waals surface area contributed by atoms with Gasteiger partial charge in [-0.25, -0.2) is 0 Å². The van der Waals surface area contributed by atoms with Crippen molar-refractivity contribution in [3.05, 3.63) is 33.8 Å². The third-order valence-corrected chi connectivity index (χ3v) is 6.50. The molecule has 1 saturated heterocycles. The lowest BCUT2D eigenvalue weighted by Crippen LogP contribution is -2.50. The highest BCUT2D eigenvalue weighted by atomic mass is 35.5. The molecule has 2 amide bonds. The highest BCUT2D eigenvalue weighted by molar-refractivity contribution is 6.42. The Morgan fingerprint density at radius 1 is 0.926 bits per heavy atom. The molecule has 1 heterocycles. The predicted octanol–water partition coefficient (Wildman–Crippen LogP) is 4.57. The van der Waals surface area contributed by atoms with Crippen LogP contribution in [0.5, 0.6) is 0 Å². The van der Waals surface area contributed by atoms with E-state index in [9.17, 15) is 9.59 Å². The molecule has 2 fully saturated rings. The van der Waals surface area contributed by atoms with Gasteiger partial charge in [-0.1, -0.05) is 42.1 Å². The number of hydrogen-bond donors (Lipinski definition) is 0. The SMILES string of the molecule is O=C(CCCc1ccc(Cl)c(Cl)c1)N1CCN(C(=O)CC2CCCC2)CC1. The van der Waals surface area contributed by atoms with Crippen molar-refractivity contribution in [1.29, 1.82) is 0 Å². The van der Waals surface area contributed by atoms with Gasteiger partial charge in [-0.3, -0.25) is 9.59 Å². The molecule has 6 heteroatoms. The van der Waals surface area contributed by atoms with E-state index in [1.165, 1.54) is 25.7 Å². The van der Waals surface area contributed by atoms with E-state index < -0.39 is 0 Å². The number of rotatable bonds is 6. The Hall–Kier alpha value is -1.26. The number of carbonyl (C=O) groups excluding carboxylic acids is 2. The summed E-state index contributed by atoms with van der Waals surface area (Å²) in [6, 6.07) is 5.61. The molecule has 0 N–H and O–H groups in total. The minimum absolute atomic E-state index is 0.179. The van der Waals surface area contributed by atoms with Crippen LogP contribution in [-0.2, 0) is 16.0 Å². The van der Waals surface area contributed by atoms with E-state index in [4.69, 9.17) is 23.2 Å². The van der Waals surface area contributed by atoms with Crippen molar-refractivity contribution in [1.82, 2.24) is 9.80 Å². The van der Waals surface area contributed by atoms with E-state index in [0.29, 0.717) is 55.0 Å². The van der Waals surface area contributed by atoms with Crippen molar-refractivity contribution >= 4 is 35.0 Å². The van der Waals surface area contributed by atoms with Crippen molar-refractivity contribution < 1.29 is 9.59 Å². The Morgan fingerprint density at radius 3 is 2.19 bits per heavy atom. The number of hydrogen-bond acceptors (Lipinski definition) is 2. The molecule has 2 aliphatic rings. The van der Waals surface area contributed by atoms with Crippen molar-refractivity contribution in [3.63, 3.8) is 0 Å². The molecule has 0 unspecified atom stereocenters. The monoisotopic (exact) mass is 410 g/mol. The molecule has 1 aromatic rings. The fraction of sp³-hybridized carbons (Fsp3) is 0.619. The first-order valence-corrected chi connectivity index (χ1v) is 10.8. The van der Waals surface area contributed by atoms with Gasteiger partial charge in [0.2, 0.25) is 11.8 Å². The molecule has 0 radical (unpaired) electrons. The average Bonchev–Trinajstić information content (AvgIpc) is 3.17. The zero-order valence-corrected chi connectivity index (χ0v) is 17.3. The van der Waals surface area contributed by atoms with E-state index in [-0.39, 0.29) is 11.8 Å². The summed E-state index contributed by atoms with van der Waals surface area (Å²) in [5, 5.41) is 1.11. The molecule has 1 aromatic carbocycles. The summed E-state index contributed by atoms with van der Waals surface area (Å²) >= 11 is 12.0. The smallest absolute Gasteiger partial charge is 0.222 e. The van der Waals surface area contributed by atoms with Gasteiger partial charge in [-0.05, 0) is 49.3 Å². The first-order chi connectivity index (χ1) is 13.0. The minimum atomic E-state index is 0.179. The molecule has 0 bridgehead atoms. The third kappa shape index (κ3) is 5.86. The number of carbonyl (C=O) groups is 2. The Balaban J connectivity index is 1.36. The maximum atomic E-state index is 12.4. The van der Waals surface area contributed by atoms with Crippen LogP contribution in [0.1, 0.15) is 50.5 Å². The summed E-state index contributed by atoms with van der Waals surface area (Å²) < 4.78 is 0. The number of piperazine rings is 1. The minimum Gasteiger partial charge on any atom is -0.339 e. The second kappa shape index (κ2) is 9.79.